The number of hydrogen-bond acceptors (Lipinski definition) is 5. The Morgan fingerprint density at radius 3 is 2.49 bits per heavy atom. The Balaban J connectivity index is 1.64. The monoisotopic (exact) mass is 543 g/mol. The van der Waals surface area contributed by atoms with E-state index in [-0.39, 0.29) is 5.69 Å². The quantitative estimate of drug-likeness (QED) is 0.148. The number of nitrogens with one attached hydrogen (secondary N) is 1. The summed E-state index contributed by atoms with van der Waals surface area (Å²) in [6.45, 7) is 0.296. The molecule has 0 saturated heterocycles. The molecule has 10 heteroatoms. The molecule has 0 fully saturated rings. The Morgan fingerprint density at radius 2 is 1.77 bits per heavy atom. The van der Waals surface area contributed by atoms with Gasteiger partial charge in [-0.15, -0.1) is 0 Å². The second-order valence-electron chi connectivity index (χ2n) is 7.47. The number of anilines is 1. The van der Waals surface area contributed by atoms with Crippen molar-refractivity contribution in [3.05, 3.63) is 110 Å². The number of halogens is 4. The van der Waals surface area contributed by atoms with Crippen LogP contribution in [0.25, 0.3) is 10.8 Å². The molecule has 0 atom stereocenters. The summed E-state index contributed by atoms with van der Waals surface area (Å²) in [6, 6.07) is 21.1. The van der Waals surface area contributed by atoms with Crippen molar-refractivity contribution in [2.45, 2.75) is 12.8 Å². The van der Waals surface area contributed by atoms with Gasteiger partial charge in [0.15, 0.2) is 0 Å². The number of ether oxygens (including phenoxy) is 1. The highest BCUT2D eigenvalue weighted by molar-refractivity contribution is 9.10. The summed E-state index contributed by atoms with van der Waals surface area (Å²) in [5.41, 5.74) is 2.03. The molecule has 0 aliphatic heterocycles. The molecule has 4 aromatic rings. The van der Waals surface area contributed by atoms with Gasteiger partial charge < -0.3 is 4.74 Å². The fraction of sp³-hybridized carbons (Fsp3) is 0.0800. The topological polar surface area (TPSA) is 76.8 Å². The third-order valence-corrected chi connectivity index (χ3v) is 5.67. The van der Waals surface area contributed by atoms with E-state index in [1.54, 1.807) is 6.07 Å². The fourth-order valence-electron chi connectivity index (χ4n) is 3.40. The van der Waals surface area contributed by atoms with Crippen molar-refractivity contribution in [1.82, 2.24) is 0 Å². The molecule has 1 N–H and O–H groups in total. The van der Waals surface area contributed by atoms with Gasteiger partial charge in [-0.05, 0) is 46.7 Å². The van der Waals surface area contributed by atoms with E-state index in [1.165, 1.54) is 6.21 Å². The predicted octanol–water partition coefficient (Wildman–Crippen LogP) is 7.55. The Kier molecular flexibility index (Phi) is 7.02. The average molecular weight is 544 g/mol. The first-order chi connectivity index (χ1) is 16.7. The molecule has 0 heterocycles. The van der Waals surface area contributed by atoms with Gasteiger partial charge >= 0.3 is 6.18 Å². The lowest BCUT2D eigenvalue weighted by molar-refractivity contribution is -0.384. The molecule has 0 aliphatic carbocycles. The molecule has 178 valence electrons. The van der Waals surface area contributed by atoms with Crippen molar-refractivity contribution >= 4 is 44.3 Å². The lowest BCUT2D eigenvalue weighted by atomic mass is 10.0. The van der Waals surface area contributed by atoms with Crippen molar-refractivity contribution in [1.29, 1.82) is 0 Å². The van der Waals surface area contributed by atoms with E-state index in [0.29, 0.717) is 24.0 Å². The molecule has 4 aromatic carbocycles. The van der Waals surface area contributed by atoms with Gasteiger partial charge in [0.05, 0.1) is 16.7 Å². The zero-order valence-corrected chi connectivity index (χ0v) is 19.5. The van der Waals surface area contributed by atoms with Gasteiger partial charge in [-0.2, -0.15) is 18.3 Å². The van der Waals surface area contributed by atoms with Crippen molar-refractivity contribution in [2.24, 2.45) is 5.10 Å². The van der Waals surface area contributed by atoms with E-state index in [4.69, 9.17) is 4.74 Å². The number of hydrazone groups is 1. The van der Waals surface area contributed by atoms with Gasteiger partial charge in [0.1, 0.15) is 18.0 Å². The van der Waals surface area contributed by atoms with Crippen molar-refractivity contribution in [3.63, 3.8) is 0 Å². The van der Waals surface area contributed by atoms with Crippen LogP contribution >= 0.6 is 15.9 Å². The lowest BCUT2D eigenvalue weighted by Gasteiger charge is -2.12. The van der Waals surface area contributed by atoms with Crippen molar-refractivity contribution in [2.75, 3.05) is 5.43 Å². The molecule has 35 heavy (non-hydrogen) atoms. The van der Waals surface area contributed by atoms with Crippen LogP contribution in [-0.4, -0.2) is 11.1 Å². The van der Waals surface area contributed by atoms with Gasteiger partial charge in [0, 0.05) is 16.1 Å². The van der Waals surface area contributed by atoms with E-state index < -0.39 is 22.4 Å². The van der Waals surface area contributed by atoms with Crippen LogP contribution in [0.5, 0.6) is 5.75 Å². The SMILES string of the molecule is O=[N+]([O-])c1cc(C(F)(F)F)ccc1N/N=C\c1c(OCc2ccc(Br)cc2)ccc2ccccc12. The molecule has 0 saturated carbocycles. The number of alkyl halides is 3. The maximum Gasteiger partial charge on any atom is 0.416 e. The molecule has 6 nitrogen and oxygen atoms in total. The van der Waals surface area contributed by atoms with Crippen LogP contribution in [0.15, 0.2) is 88.4 Å². The van der Waals surface area contributed by atoms with E-state index in [2.05, 4.69) is 26.5 Å². The Hall–Kier alpha value is -3.92. The number of nitrogens with zero attached hydrogens (tertiary/aromatic N) is 2. The maximum absolute atomic E-state index is 13.0. The molecule has 0 bridgehead atoms. The van der Waals surface area contributed by atoms with E-state index in [9.17, 15) is 23.3 Å². The van der Waals surface area contributed by atoms with Gasteiger partial charge in [-0.25, -0.2) is 0 Å². The second-order valence-corrected chi connectivity index (χ2v) is 8.39. The normalized spacial score (nSPS) is 11.7. The molecule has 0 aliphatic rings. The second kappa shape index (κ2) is 10.1. The molecule has 0 spiro atoms. The standard InChI is InChI=1S/C25H17BrF3N3O3/c26-19-9-5-16(6-10-19)15-35-24-12-7-17-3-1-2-4-20(17)21(24)14-30-31-22-11-8-18(25(27,28)29)13-23(22)32(33)34/h1-14,31H,15H2/b30-14-. The molecule has 0 amide bonds. The zero-order chi connectivity index (χ0) is 25.0. The zero-order valence-electron chi connectivity index (χ0n) is 17.9. The van der Waals surface area contributed by atoms with Crippen LogP contribution in [0, 0.1) is 10.1 Å². The average Bonchev–Trinajstić information content (AvgIpc) is 2.83. The summed E-state index contributed by atoms with van der Waals surface area (Å²) in [6.07, 6.45) is -3.27. The highest BCUT2D eigenvalue weighted by Gasteiger charge is 2.33. The fourth-order valence-corrected chi connectivity index (χ4v) is 3.66. The first-order valence-electron chi connectivity index (χ1n) is 10.3. The van der Waals surface area contributed by atoms with Gasteiger partial charge in [0.2, 0.25) is 0 Å². The minimum Gasteiger partial charge on any atom is -0.488 e. The van der Waals surface area contributed by atoms with Gasteiger partial charge in [0.25, 0.3) is 5.69 Å². The summed E-state index contributed by atoms with van der Waals surface area (Å²) in [7, 11) is 0. The summed E-state index contributed by atoms with van der Waals surface area (Å²) in [5.74, 6) is 0.527. The third kappa shape index (κ3) is 5.78. The minimum atomic E-state index is -4.70. The summed E-state index contributed by atoms with van der Waals surface area (Å²) in [4.78, 5) is 10.4. The molecule has 0 unspecified atom stereocenters. The molecular formula is C25H17BrF3N3O3. The number of hydrogen-bond donors (Lipinski definition) is 1. The summed E-state index contributed by atoms with van der Waals surface area (Å²) < 4.78 is 45.8. The van der Waals surface area contributed by atoms with Crippen LogP contribution in [0.2, 0.25) is 0 Å². The van der Waals surface area contributed by atoms with Crippen molar-refractivity contribution < 1.29 is 22.8 Å². The first kappa shape index (κ1) is 24.2. The Labute approximate surface area is 206 Å². The number of benzene rings is 4. The lowest BCUT2D eigenvalue weighted by Crippen LogP contribution is -2.07. The minimum absolute atomic E-state index is 0.170. The molecule has 0 radical (unpaired) electrons. The van der Waals surface area contributed by atoms with E-state index in [0.717, 1.165) is 32.9 Å². The molecule has 0 aromatic heterocycles. The first-order valence-corrected chi connectivity index (χ1v) is 11.1. The van der Waals surface area contributed by atoms with Crippen molar-refractivity contribution in [3.8, 4) is 5.75 Å². The number of rotatable bonds is 7. The largest absolute Gasteiger partial charge is 0.488 e. The van der Waals surface area contributed by atoms with Crippen LogP contribution in [0.1, 0.15) is 16.7 Å². The highest BCUT2D eigenvalue weighted by Crippen LogP contribution is 2.35. The smallest absolute Gasteiger partial charge is 0.416 e. The van der Waals surface area contributed by atoms with Crippen LogP contribution in [0.3, 0.4) is 0 Å². The Morgan fingerprint density at radius 1 is 1.03 bits per heavy atom. The Bertz CT molecular complexity index is 1410. The van der Waals surface area contributed by atoms with E-state index in [1.807, 2.05) is 54.6 Å². The number of nitro benzene ring substituents is 1. The number of fused-ring (bicyclic) bond motifs is 1. The van der Waals surface area contributed by atoms with Gasteiger partial charge in [-0.3, -0.25) is 15.5 Å². The third-order valence-electron chi connectivity index (χ3n) is 5.14. The molecule has 4 rings (SSSR count). The van der Waals surface area contributed by atoms with E-state index >= 15 is 0 Å². The maximum atomic E-state index is 13.0. The van der Waals surface area contributed by atoms with Crippen LogP contribution in [-0.2, 0) is 12.8 Å². The highest BCUT2D eigenvalue weighted by atomic mass is 79.9. The summed E-state index contributed by atoms with van der Waals surface area (Å²) >= 11 is 3.39. The molecular weight excluding hydrogens is 527 g/mol. The predicted molar refractivity (Wildman–Crippen MR) is 132 cm³/mol. The van der Waals surface area contributed by atoms with Gasteiger partial charge in [-0.1, -0.05) is 58.4 Å². The van der Waals surface area contributed by atoms with Crippen LogP contribution in [0.4, 0.5) is 24.5 Å². The van der Waals surface area contributed by atoms with Crippen LogP contribution < -0.4 is 10.2 Å². The summed E-state index contributed by atoms with van der Waals surface area (Å²) in [5, 5.41) is 17.2. The number of nitro groups is 1.